The Balaban J connectivity index is 1.65. The summed E-state index contributed by atoms with van der Waals surface area (Å²) in [6.07, 6.45) is 6.94. The van der Waals surface area contributed by atoms with Crippen LogP contribution in [0.3, 0.4) is 0 Å². The number of hydrogen-bond donors (Lipinski definition) is 1. The number of amides is 1. The van der Waals surface area contributed by atoms with Crippen LogP contribution in [0.2, 0.25) is 0 Å². The summed E-state index contributed by atoms with van der Waals surface area (Å²) in [5.41, 5.74) is 0. The molecule has 1 unspecified atom stereocenters. The second-order valence-electron chi connectivity index (χ2n) is 7.11. The molecule has 0 aromatic carbocycles. The van der Waals surface area contributed by atoms with E-state index in [1.165, 1.54) is 32.1 Å². The van der Waals surface area contributed by atoms with Crippen molar-refractivity contribution in [2.45, 2.75) is 56.8 Å². The SMILES string of the molecule is CC(C)C(Br)C(=O)NC1C2CC3CC(C2)CC1C3. The molecule has 102 valence electrons. The van der Waals surface area contributed by atoms with Crippen molar-refractivity contribution in [1.82, 2.24) is 5.32 Å². The molecule has 4 aliphatic rings. The Morgan fingerprint density at radius 3 is 2.00 bits per heavy atom. The van der Waals surface area contributed by atoms with Gasteiger partial charge < -0.3 is 5.32 Å². The van der Waals surface area contributed by atoms with Gasteiger partial charge in [-0.2, -0.15) is 0 Å². The first-order chi connectivity index (χ1) is 8.54. The van der Waals surface area contributed by atoms with Gasteiger partial charge >= 0.3 is 0 Å². The molecule has 1 atom stereocenters. The maximum atomic E-state index is 12.2. The smallest absolute Gasteiger partial charge is 0.234 e. The molecule has 0 aromatic heterocycles. The van der Waals surface area contributed by atoms with Crippen LogP contribution in [0, 0.1) is 29.6 Å². The molecule has 0 saturated heterocycles. The molecule has 0 aliphatic heterocycles. The summed E-state index contributed by atoms with van der Waals surface area (Å²) in [5, 5.41) is 3.36. The first-order valence-electron chi connectivity index (χ1n) is 7.49. The summed E-state index contributed by atoms with van der Waals surface area (Å²) < 4.78 is 0. The molecule has 4 rings (SSSR count). The average Bonchev–Trinajstić information content (AvgIpc) is 2.31. The molecule has 0 spiro atoms. The molecule has 4 aliphatic carbocycles. The normalized spacial score (nSPS) is 43.2. The Kier molecular flexibility index (Phi) is 3.46. The lowest BCUT2D eigenvalue weighted by molar-refractivity contribution is -0.125. The third-order valence-electron chi connectivity index (χ3n) is 5.37. The summed E-state index contributed by atoms with van der Waals surface area (Å²) in [6, 6.07) is 0.476. The van der Waals surface area contributed by atoms with Crippen molar-refractivity contribution in [3.05, 3.63) is 0 Å². The van der Waals surface area contributed by atoms with Crippen molar-refractivity contribution in [2.24, 2.45) is 29.6 Å². The molecule has 0 heterocycles. The predicted octanol–water partition coefficient (Wildman–Crippen LogP) is 3.35. The van der Waals surface area contributed by atoms with Crippen LogP contribution in [-0.4, -0.2) is 16.8 Å². The van der Waals surface area contributed by atoms with Crippen molar-refractivity contribution in [1.29, 1.82) is 0 Å². The van der Waals surface area contributed by atoms with Gasteiger partial charge in [0.05, 0.1) is 4.83 Å². The molecule has 2 nitrogen and oxygen atoms in total. The van der Waals surface area contributed by atoms with Gasteiger partial charge in [0, 0.05) is 6.04 Å². The summed E-state index contributed by atoms with van der Waals surface area (Å²) in [7, 11) is 0. The van der Waals surface area contributed by atoms with Gasteiger partial charge in [-0.3, -0.25) is 4.79 Å². The Labute approximate surface area is 118 Å². The van der Waals surface area contributed by atoms with Gasteiger partial charge in [0.25, 0.3) is 0 Å². The van der Waals surface area contributed by atoms with Gasteiger partial charge in [-0.25, -0.2) is 0 Å². The minimum Gasteiger partial charge on any atom is -0.352 e. The quantitative estimate of drug-likeness (QED) is 0.795. The maximum absolute atomic E-state index is 12.2. The van der Waals surface area contributed by atoms with E-state index in [9.17, 15) is 4.79 Å². The van der Waals surface area contributed by atoms with Crippen LogP contribution in [0.4, 0.5) is 0 Å². The monoisotopic (exact) mass is 313 g/mol. The van der Waals surface area contributed by atoms with Crippen LogP contribution < -0.4 is 5.32 Å². The molecule has 1 N–H and O–H groups in total. The zero-order valence-corrected chi connectivity index (χ0v) is 12.9. The Hall–Kier alpha value is -0.0500. The fourth-order valence-corrected chi connectivity index (χ4v) is 4.84. The zero-order chi connectivity index (χ0) is 12.9. The summed E-state index contributed by atoms with van der Waals surface area (Å²) in [5.74, 6) is 4.08. The van der Waals surface area contributed by atoms with Gasteiger partial charge in [0.2, 0.25) is 5.91 Å². The fourth-order valence-electron chi connectivity index (χ4n) is 4.71. The second kappa shape index (κ2) is 4.81. The standard InChI is InChI=1S/C15H24BrNO/c1-8(2)13(16)15(18)17-14-11-4-9-3-10(6-11)7-12(14)5-9/h8-14H,3-7H2,1-2H3,(H,17,18). The minimum absolute atomic E-state index is 0.0327. The molecule has 4 saturated carbocycles. The summed E-state index contributed by atoms with van der Waals surface area (Å²) in [4.78, 5) is 12.2. The van der Waals surface area contributed by atoms with Crippen LogP contribution in [0.25, 0.3) is 0 Å². The highest BCUT2D eigenvalue weighted by Crippen LogP contribution is 2.53. The number of carbonyl (C=O) groups is 1. The van der Waals surface area contributed by atoms with E-state index in [-0.39, 0.29) is 10.7 Å². The van der Waals surface area contributed by atoms with Crippen LogP contribution in [-0.2, 0) is 4.79 Å². The molecule has 0 aromatic rings. The van der Waals surface area contributed by atoms with E-state index in [2.05, 4.69) is 35.1 Å². The fraction of sp³-hybridized carbons (Fsp3) is 0.933. The van der Waals surface area contributed by atoms with Crippen molar-refractivity contribution in [2.75, 3.05) is 0 Å². The summed E-state index contributed by atoms with van der Waals surface area (Å²) in [6.45, 7) is 4.19. The average molecular weight is 314 g/mol. The maximum Gasteiger partial charge on any atom is 0.234 e. The van der Waals surface area contributed by atoms with Gasteiger partial charge in [-0.1, -0.05) is 29.8 Å². The lowest BCUT2D eigenvalue weighted by atomic mass is 9.54. The topological polar surface area (TPSA) is 29.1 Å². The largest absolute Gasteiger partial charge is 0.352 e. The highest BCUT2D eigenvalue weighted by Gasteiger charge is 2.48. The van der Waals surface area contributed by atoms with E-state index in [0.717, 1.165) is 23.7 Å². The highest BCUT2D eigenvalue weighted by molar-refractivity contribution is 9.10. The molecular weight excluding hydrogens is 290 g/mol. The Bertz CT molecular complexity index is 313. The number of hydrogen-bond acceptors (Lipinski definition) is 1. The number of rotatable bonds is 3. The van der Waals surface area contributed by atoms with E-state index in [1.807, 2.05) is 0 Å². The first kappa shape index (κ1) is 13.0. The number of nitrogens with one attached hydrogen (secondary N) is 1. The second-order valence-corrected chi connectivity index (χ2v) is 8.10. The van der Waals surface area contributed by atoms with Crippen molar-refractivity contribution in [3.63, 3.8) is 0 Å². The Morgan fingerprint density at radius 1 is 1.06 bits per heavy atom. The molecule has 4 fully saturated rings. The molecule has 0 radical (unpaired) electrons. The van der Waals surface area contributed by atoms with Gasteiger partial charge in [-0.15, -0.1) is 0 Å². The highest BCUT2D eigenvalue weighted by atomic mass is 79.9. The predicted molar refractivity (Wildman–Crippen MR) is 76.5 cm³/mol. The van der Waals surface area contributed by atoms with Crippen LogP contribution in [0.5, 0.6) is 0 Å². The minimum atomic E-state index is -0.0327. The van der Waals surface area contributed by atoms with E-state index in [4.69, 9.17) is 0 Å². The van der Waals surface area contributed by atoms with E-state index >= 15 is 0 Å². The molecule has 18 heavy (non-hydrogen) atoms. The lowest BCUT2D eigenvalue weighted by Crippen LogP contribution is -2.57. The Morgan fingerprint density at radius 2 is 1.56 bits per heavy atom. The van der Waals surface area contributed by atoms with Crippen molar-refractivity contribution < 1.29 is 4.79 Å². The van der Waals surface area contributed by atoms with E-state index in [1.54, 1.807) is 0 Å². The van der Waals surface area contributed by atoms with Crippen LogP contribution in [0.15, 0.2) is 0 Å². The van der Waals surface area contributed by atoms with Gasteiger partial charge in [0.1, 0.15) is 0 Å². The summed E-state index contributed by atoms with van der Waals surface area (Å²) >= 11 is 3.52. The van der Waals surface area contributed by atoms with Gasteiger partial charge in [0.15, 0.2) is 0 Å². The number of halogens is 1. The van der Waals surface area contributed by atoms with Crippen LogP contribution >= 0.6 is 15.9 Å². The van der Waals surface area contributed by atoms with Crippen LogP contribution in [0.1, 0.15) is 46.0 Å². The van der Waals surface area contributed by atoms with Gasteiger partial charge in [-0.05, 0) is 61.7 Å². The molecule has 3 heteroatoms. The number of carbonyl (C=O) groups excluding carboxylic acids is 1. The molecule has 4 bridgehead atoms. The van der Waals surface area contributed by atoms with Crippen molar-refractivity contribution >= 4 is 21.8 Å². The molecule has 1 amide bonds. The third kappa shape index (κ3) is 2.23. The first-order valence-corrected chi connectivity index (χ1v) is 8.40. The van der Waals surface area contributed by atoms with E-state index in [0.29, 0.717) is 12.0 Å². The lowest BCUT2D eigenvalue weighted by Gasteiger charge is -2.54. The number of alkyl halides is 1. The van der Waals surface area contributed by atoms with Crippen molar-refractivity contribution in [3.8, 4) is 0 Å². The molecular formula is C15H24BrNO. The zero-order valence-electron chi connectivity index (χ0n) is 11.4. The van der Waals surface area contributed by atoms with E-state index < -0.39 is 0 Å². The third-order valence-corrected chi connectivity index (χ3v) is 6.84.